The molecule has 19 nitrogen and oxygen atoms in total. The zero-order valence-corrected chi connectivity index (χ0v) is 37.4. The number of aliphatic hydroxyl groups excluding tert-OH is 1. The number of rotatable bonds is 11. The average Bonchev–Trinajstić information content (AvgIpc) is 3.94. The van der Waals surface area contributed by atoms with Crippen LogP contribution in [0.4, 0.5) is 4.79 Å². The molecule has 0 aliphatic rings. The molecule has 0 fully saturated rings. The number of azo groups is 1. The van der Waals surface area contributed by atoms with Crippen molar-refractivity contribution >= 4 is 24.2 Å². The summed E-state index contributed by atoms with van der Waals surface area (Å²) < 4.78 is 37.1. The van der Waals surface area contributed by atoms with Gasteiger partial charge in [0.15, 0.2) is 0 Å². The van der Waals surface area contributed by atoms with Gasteiger partial charge in [-0.15, -0.1) is 0 Å². The van der Waals surface area contributed by atoms with E-state index < -0.39 is 17.8 Å². The minimum absolute atomic E-state index is 0.120. The standard InChI is InChI=1S/C16H20N2O4.C10H14O3.C9H18N2O2.C6H8N2O2.CO2/c1-5-22-16(19)15-9-17-10-18(15)11(2)12-6-13(20-3)8-14(7-12)21-4;1-7(11)8-4-9(12-2)6-10(5-8)13-3;1-8(2,3)11-10-7(12)13-9(4,5)6;1-2-10-6(9)5-3-7-4-8-5;2-1-3/h6-11H,5H2,1-4H3;4-7,11H,1-3H3;1-6H3;3-4H,2H2,1H3,(H,7,8);/t11-;7-;;;/m10.../s1. The monoisotopic (exact) mass is 856 g/mol. The molecule has 336 valence electrons. The van der Waals surface area contributed by atoms with E-state index in [0.29, 0.717) is 47.6 Å². The van der Waals surface area contributed by atoms with E-state index in [1.54, 1.807) is 105 Å². The van der Waals surface area contributed by atoms with Gasteiger partial charge in [-0.1, -0.05) is 5.11 Å². The largest absolute Gasteiger partial charge is 0.497 e. The van der Waals surface area contributed by atoms with Crippen molar-refractivity contribution in [3.05, 3.63) is 84.0 Å². The van der Waals surface area contributed by atoms with Crippen molar-refractivity contribution in [1.82, 2.24) is 19.5 Å². The van der Waals surface area contributed by atoms with Gasteiger partial charge in [-0.05, 0) is 105 Å². The summed E-state index contributed by atoms with van der Waals surface area (Å²) in [5.74, 6) is 2.02. The van der Waals surface area contributed by atoms with Crippen molar-refractivity contribution in [3.8, 4) is 23.0 Å². The second-order valence-corrected chi connectivity index (χ2v) is 14.2. The zero-order chi connectivity index (χ0) is 46.8. The zero-order valence-electron chi connectivity index (χ0n) is 37.4. The number of hydrogen-bond acceptors (Lipinski definition) is 16. The normalized spacial score (nSPS) is 11.4. The summed E-state index contributed by atoms with van der Waals surface area (Å²) in [6, 6.07) is 10.8. The van der Waals surface area contributed by atoms with E-state index in [4.69, 9.17) is 38.0 Å². The molecular formula is C42H60N6O13. The Morgan fingerprint density at radius 2 is 1.21 bits per heavy atom. The van der Waals surface area contributed by atoms with E-state index in [-0.39, 0.29) is 29.7 Å². The van der Waals surface area contributed by atoms with Crippen LogP contribution in [-0.2, 0) is 23.8 Å². The molecule has 0 aliphatic heterocycles. The fourth-order valence-electron chi connectivity index (χ4n) is 4.33. The Morgan fingerprint density at radius 3 is 1.59 bits per heavy atom. The average molecular weight is 857 g/mol. The summed E-state index contributed by atoms with van der Waals surface area (Å²) in [6.07, 6.45) is 5.09. The van der Waals surface area contributed by atoms with Crippen molar-refractivity contribution in [2.45, 2.75) is 92.5 Å². The molecule has 4 rings (SSSR count). The molecule has 0 bridgehead atoms. The van der Waals surface area contributed by atoms with E-state index in [1.165, 1.54) is 18.7 Å². The number of imidazole rings is 2. The second kappa shape index (κ2) is 28.0. The third kappa shape index (κ3) is 22.4. The van der Waals surface area contributed by atoms with Gasteiger partial charge in [0.05, 0.1) is 84.4 Å². The van der Waals surface area contributed by atoms with Gasteiger partial charge in [0, 0.05) is 12.1 Å². The summed E-state index contributed by atoms with van der Waals surface area (Å²) in [4.78, 5) is 60.4. The Labute approximate surface area is 356 Å². The first-order valence-corrected chi connectivity index (χ1v) is 18.8. The van der Waals surface area contributed by atoms with Crippen LogP contribution in [0.3, 0.4) is 0 Å². The maximum absolute atomic E-state index is 12.0. The highest BCUT2D eigenvalue weighted by molar-refractivity contribution is 5.87. The second-order valence-electron chi connectivity index (χ2n) is 14.2. The van der Waals surface area contributed by atoms with Crippen LogP contribution in [-0.4, -0.2) is 102 Å². The molecule has 1 amide bonds. The van der Waals surface area contributed by atoms with Crippen molar-refractivity contribution in [2.75, 3.05) is 41.7 Å². The van der Waals surface area contributed by atoms with Crippen molar-refractivity contribution in [3.63, 3.8) is 0 Å². The molecule has 19 heteroatoms. The van der Waals surface area contributed by atoms with E-state index in [2.05, 4.69) is 29.9 Å². The van der Waals surface area contributed by atoms with Gasteiger partial charge >= 0.3 is 24.2 Å². The molecule has 0 unspecified atom stereocenters. The van der Waals surface area contributed by atoms with E-state index in [1.807, 2.05) is 39.8 Å². The molecule has 0 saturated carbocycles. The molecule has 4 aromatic rings. The molecule has 0 radical (unpaired) electrons. The Morgan fingerprint density at radius 1 is 0.754 bits per heavy atom. The topological polar surface area (TPSA) is 241 Å². The number of ether oxygens (including phenoxy) is 7. The number of aromatic nitrogens is 4. The summed E-state index contributed by atoms with van der Waals surface area (Å²) in [7, 11) is 6.37. The van der Waals surface area contributed by atoms with Crippen LogP contribution in [0.1, 0.15) is 113 Å². The first-order valence-electron chi connectivity index (χ1n) is 18.8. The summed E-state index contributed by atoms with van der Waals surface area (Å²) in [5, 5.41) is 16.6. The van der Waals surface area contributed by atoms with Crippen molar-refractivity contribution < 1.29 is 62.2 Å². The molecular weight excluding hydrogens is 796 g/mol. The number of esters is 2. The number of nitrogens with zero attached hydrogens (tertiary/aromatic N) is 5. The number of methoxy groups -OCH3 is 4. The number of nitrogens with one attached hydrogen (secondary N) is 1. The molecule has 2 heterocycles. The Balaban J connectivity index is 0.000000805. The number of aliphatic hydroxyl groups is 1. The number of aromatic amines is 1. The van der Waals surface area contributed by atoms with Gasteiger partial charge in [-0.25, -0.2) is 24.4 Å². The minimum Gasteiger partial charge on any atom is -0.497 e. The number of H-pyrrole nitrogens is 1. The van der Waals surface area contributed by atoms with E-state index >= 15 is 0 Å². The van der Waals surface area contributed by atoms with Crippen LogP contribution in [0, 0.1) is 0 Å². The predicted molar refractivity (Wildman–Crippen MR) is 222 cm³/mol. The highest BCUT2D eigenvalue weighted by atomic mass is 16.6. The highest BCUT2D eigenvalue weighted by Crippen LogP contribution is 2.29. The number of carbonyl (C=O) groups is 3. The highest BCUT2D eigenvalue weighted by Gasteiger charge is 2.20. The molecule has 2 atom stereocenters. The molecule has 61 heavy (non-hydrogen) atoms. The van der Waals surface area contributed by atoms with Crippen molar-refractivity contribution in [1.29, 1.82) is 0 Å². The van der Waals surface area contributed by atoms with Crippen LogP contribution >= 0.6 is 0 Å². The lowest BCUT2D eigenvalue weighted by Crippen LogP contribution is -2.22. The SMILES string of the molecule is CC(C)(C)N=NC(=O)OC(C)(C)C.CCOC(=O)c1cnc[nH]1.CCOC(=O)c1cncn1[C@H](C)c1cc(OC)cc(OC)c1.COc1cc(OC)cc([C@H](C)O)c1.O=C=O. The summed E-state index contributed by atoms with van der Waals surface area (Å²) in [5.41, 5.74) is 1.69. The van der Waals surface area contributed by atoms with Crippen LogP contribution in [0.25, 0.3) is 0 Å². The maximum Gasteiger partial charge on any atom is 0.452 e. The van der Waals surface area contributed by atoms with E-state index in [9.17, 15) is 19.5 Å². The predicted octanol–water partition coefficient (Wildman–Crippen LogP) is 7.62. The third-order valence-corrected chi connectivity index (χ3v) is 7.10. The quantitative estimate of drug-likeness (QED) is 0.0837. The maximum atomic E-state index is 12.0. The lowest BCUT2D eigenvalue weighted by molar-refractivity contribution is -0.191. The van der Waals surface area contributed by atoms with Gasteiger partial charge < -0.3 is 47.8 Å². The van der Waals surface area contributed by atoms with Gasteiger partial charge in [-0.2, -0.15) is 14.7 Å². The van der Waals surface area contributed by atoms with Crippen LogP contribution in [0.5, 0.6) is 23.0 Å². The number of amides is 1. The van der Waals surface area contributed by atoms with Crippen LogP contribution in [0.2, 0.25) is 0 Å². The molecule has 0 aliphatic carbocycles. The molecule has 2 aromatic carbocycles. The van der Waals surface area contributed by atoms with Gasteiger partial charge in [-0.3, -0.25) is 0 Å². The first kappa shape index (κ1) is 54.4. The van der Waals surface area contributed by atoms with Crippen LogP contribution < -0.4 is 18.9 Å². The van der Waals surface area contributed by atoms with Gasteiger partial charge in [0.2, 0.25) is 0 Å². The van der Waals surface area contributed by atoms with Gasteiger partial charge in [0.25, 0.3) is 0 Å². The number of benzene rings is 2. The Kier molecular flexibility index (Phi) is 25.0. The van der Waals surface area contributed by atoms with Crippen LogP contribution in [0.15, 0.2) is 71.7 Å². The molecule has 0 saturated heterocycles. The van der Waals surface area contributed by atoms with E-state index in [0.717, 1.165) is 11.1 Å². The number of hydrogen-bond donors (Lipinski definition) is 2. The Bertz CT molecular complexity index is 1910. The van der Waals surface area contributed by atoms with Crippen molar-refractivity contribution in [2.24, 2.45) is 10.2 Å². The smallest absolute Gasteiger partial charge is 0.452 e. The lowest BCUT2D eigenvalue weighted by Gasteiger charge is -2.18. The molecule has 2 N–H and O–H groups in total. The lowest BCUT2D eigenvalue weighted by atomic mass is 10.1. The fraction of sp³-hybridized carbons (Fsp3) is 0.476. The summed E-state index contributed by atoms with van der Waals surface area (Å²) in [6.45, 7) is 18.9. The fourth-order valence-corrected chi connectivity index (χ4v) is 4.33. The minimum atomic E-state index is -0.637. The molecule has 2 aromatic heterocycles. The first-order chi connectivity index (χ1) is 28.6. The van der Waals surface area contributed by atoms with Gasteiger partial charge in [0.1, 0.15) is 40.0 Å². The Hall–Kier alpha value is -6.59. The summed E-state index contributed by atoms with van der Waals surface area (Å²) >= 11 is 0. The number of carbonyl (C=O) groups excluding carboxylic acids is 5. The third-order valence-electron chi connectivity index (χ3n) is 7.10. The molecule has 0 spiro atoms.